The van der Waals surface area contributed by atoms with E-state index >= 15 is 0 Å². The number of carbonyl (C=O) groups is 2. The number of nitrogens with zero attached hydrogens (tertiary/aromatic N) is 1. The van der Waals surface area contributed by atoms with Crippen LogP contribution in [0.5, 0.6) is 0 Å². The molecule has 1 aromatic heterocycles. The first-order chi connectivity index (χ1) is 13.1. The van der Waals surface area contributed by atoms with Gasteiger partial charge in [-0.25, -0.2) is 4.79 Å². The molecule has 1 atom stereocenters. The molecule has 2 aliphatic rings. The number of amides is 1. The number of rotatable bonds is 4. The number of hydrogen-bond donors (Lipinski definition) is 1. The summed E-state index contributed by atoms with van der Waals surface area (Å²) in [6, 6.07) is 7.86. The van der Waals surface area contributed by atoms with Gasteiger partial charge in [0.1, 0.15) is 0 Å². The highest BCUT2D eigenvalue weighted by Gasteiger charge is 2.28. The summed E-state index contributed by atoms with van der Waals surface area (Å²) in [6.45, 7) is 1.65. The van der Waals surface area contributed by atoms with Gasteiger partial charge in [-0.15, -0.1) is 0 Å². The van der Waals surface area contributed by atoms with Crippen molar-refractivity contribution in [1.29, 1.82) is 0 Å². The summed E-state index contributed by atoms with van der Waals surface area (Å²) < 4.78 is 5.59. The Kier molecular flexibility index (Phi) is 5.10. The second-order valence-corrected chi connectivity index (χ2v) is 7.67. The smallest absolute Gasteiger partial charge is 0.339 e. The molecule has 5 heteroatoms. The molecule has 0 bridgehead atoms. The molecule has 1 aromatic carbocycles. The van der Waals surface area contributed by atoms with E-state index in [0.717, 1.165) is 67.1 Å². The summed E-state index contributed by atoms with van der Waals surface area (Å²) in [5.41, 5.74) is 3.37. The second kappa shape index (κ2) is 7.67. The van der Waals surface area contributed by atoms with Gasteiger partial charge in [0.2, 0.25) is 0 Å². The lowest BCUT2D eigenvalue weighted by Crippen LogP contribution is -2.42. The summed E-state index contributed by atoms with van der Waals surface area (Å²) in [5.74, 6) is -0.622. The second-order valence-electron chi connectivity index (χ2n) is 7.67. The van der Waals surface area contributed by atoms with Crippen molar-refractivity contribution in [2.75, 3.05) is 0 Å². The summed E-state index contributed by atoms with van der Waals surface area (Å²) >= 11 is 0. The van der Waals surface area contributed by atoms with E-state index in [1.807, 2.05) is 24.3 Å². The van der Waals surface area contributed by atoms with Crippen LogP contribution in [0.1, 0.15) is 67.1 Å². The molecular weight excluding hydrogens is 340 g/mol. The highest BCUT2D eigenvalue weighted by molar-refractivity contribution is 6.06. The highest BCUT2D eigenvalue weighted by Crippen LogP contribution is 2.30. The quantitative estimate of drug-likeness (QED) is 0.838. The largest absolute Gasteiger partial charge is 0.449 e. The van der Waals surface area contributed by atoms with Gasteiger partial charge in [0.15, 0.2) is 6.10 Å². The fourth-order valence-corrected chi connectivity index (χ4v) is 4.28. The van der Waals surface area contributed by atoms with Gasteiger partial charge in [0.05, 0.1) is 11.1 Å². The number of nitrogens with one attached hydrogen (secondary N) is 1. The minimum absolute atomic E-state index is 0.203. The molecule has 0 spiro atoms. The van der Waals surface area contributed by atoms with Gasteiger partial charge in [0.25, 0.3) is 5.91 Å². The predicted molar refractivity (Wildman–Crippen MR) is 104 cm³/mol. The summed E-state index contributed by atoms with van der Waals surface area (Å²) in [7, 11) is 0. The monoisotopic (exact) mass is 366 g/mol. The van der Waals surface area contributed by atoms with Crippen LogP contribution < -0.4 is 5.32 Å². The molecule has 142 valence electrons. The van der Waals surface area contributed by atoms with Crippen LogP contribution in [0.2, 0.25) is 0 Å². The lowest BCUT2D eigenvalue weighted by atomic mass is 9.95. The van der Waals surface area contributed by atoms with Gasteiger partial charge in [-0.05, 0) is 50.7 Å². The van der Waals surface area contributed by atoms with Crippen molar-refractivity contribution in [3.05, 3.63) is 41.1 Å². The topological polar surface area (TPSA) is 68.3 Å². The van der Waals surface area contributed by atoms with Crippen molar-refractivity contribution in [3.8, 4) is 0 Å². The first kappa shape index (κ1) is 18.0. The third kappa shape index (κ3) is 3.68. The zero-order valence-corrected chi connectivity index (χ0v) is 15.8. The van der Waals surface area contributed by atoms with Crippen molar-refractivity contribution >= 4 is 22.8 Å². The molecule has 27 heavy (non-hydrogen) atoms. The van der Waals surface area contributed by atoms with E-state index in [0.29, 0.717) is 5.56 Å². The molecule has 1 fully saturated rings. The molecular formula is C22H26N2O3. The van der Waals surface area contributed by atoms with Crippen LogP contribution in [0.25, 0.3) is 10.9 Å². The fraction of sp³-hybridized carbons (Fsp3) is 0.500. The Morgan fingerprint density at radius 1 is 1.11 bits per heavy atom. The number of aromatic nitrogens is 1. The van der Waals surface area contributed by atoms with E-state index in [1.54, 1.807) is 6.92 Å². The van der Waals surface area contributed by atoms with Crippen LogP contribution in [0.3, 0.4) is 0 Å². The molecule has 0 radical (unpaired) electrons. The first-order valence-corrected chi connectivity index (χ1v) is 10.1. The number of ether oxygens (including phenoxy) is 1. The van der Waals surface area contributed by atoms with Crippen molar-refractivity contribution < 1.29 is 14.3 Å². The van der Waals surface area contributed by atoms with E-state index in [1.165, 1.54) is 6.42 Å². The summed E-state index contributed by atoms with van der Waals surface area (Å²) in [4.78, 5) is 30.2. The van der Waals surface area contributed by atoms with Crippen LogP contribution >= 0.6 is 0 Å². The number of pyridine rings is 1. The van der Waals surface area contributed by atoms with Crippen LogP contribution in [0.15, 0.2) is 24.3 Å². The van der Waals surface area contributed by atoms with Gasteiger partial charge in [-0.3, -0.25) is 9.78 Å². The number of aryl methyl sites for hydroxylation is 1. The lowest BCUT2D eigenvalue weighted by Gasteiger charge is -2.24. The predicted octanol–water partition coefficient (Wildman–Crippen LogP) is 3.72. The third-order valence-electron chi connectivity index (χ3n) is 5.73. The Balaban J connectivity index is 1.53. The molecule has 1 saturated carbocycles. The number of benzene rings is 1. The Bertz CT molecular complexity index is 871. The molecule has 1 N–H and O–H groups in total. The van der Waals surface area contributed by atoms with Crippen molar-refractivity contribution in [2.24, 2.45) is 0 Å². The van der Waals surface area contributed by atoms with Gasteiger partial charge >= 0.3 is 5.97 Å². The zero-order chi connectivity index (χ0) is 18.8. The maximum atomic E-state index is 13.0. The zero-order valence-electron chi connectivity index (χ0n) is 15.8. The van der Waals surface area contributed by atoms with E-state index in [-0.39, 0.29) is 11.9 Å². The molecule has 1 amide bonds. The van der Waals surface area contributed by atoms with E-state index in [2.05, 4.69) is 5.32 Å². The Morgan fingerprint density at radius 3 is 2.70 bits per heavy atom. The van der Waals surface area contributed by atoms with Crippen molar-refractivity contribution in [1.82, 2.24) is 10.3 Å². The third-order valence-corrected chi connectivity index (χ3v) is 5.73. The van der Waals surface area contributed by atoms with Crippen LogP contribution in [0, 0.1) is 0 Å². The standard InChI is InChI=1S/C22H26N2O3/c1-14(21(25)23-15-8-3-2-4-9-15)27-22(26)20-16-10-5-6-12-18(16)24-19-13-7-11-17(19)20/h5-6,10,12,14-15H,2-4,7-9,11,13H2,1H3,(H,23,25)/t14-/m0/s1. The maximum Gasteiger partial charge on any atom is 0.339 e. The van der Waals surface area contributed by atoms with Crippen LogP contribution in [-0.4, -0.2) is 29.0 Å². The average Bonchev–Trinajstić information content (AvgIpc) is 3.14. The number of esters is 1. The van der Waals surface area contributed by atoms with E-state index < -0.39 is 12.1 Å². The van der Waals surface area contributed by atoms with Gasteiger partial charge in [0, 0.05) is 17.1 Å². The van der Waals surface area contributed by atoms with Crippen molar-refractivity contribution in [3.63, 3.8) is 0 Å². The minimum atomic E-state index is -0.802. The first-order valence-electron chi connectivity index (χ1n) is 10.1. The number of hydrogen-bond acceptors (Lipinski definition) is 4. The molecule has 4 rings (SSSR count). The molecule has 2 aromatic rings. The summed E-state index contributed by atoms with van der Waals surface area (Å²) in [5, 5.41) is 3.84. The van der Waals surface area contributed by atoms with Crippen LogP contribution in [0.4, 0.5) is 0 Å². The summed E-state index contributed by atoms with van der Waals surface area (Å²) in [6.07, 6.45) is 7.46. The van der Waals surface area contributed by atoms with Crippen molar-refractivity contribution in [2.45, 2.75) is 70.4 Å². The highest BCUT2D eigenvalue weighted by atomic mass is 16.5. The molecule has 1 heterocycles. The minimum Gasteiger partial charge on any atom is -0.449 e. The Hall–Kier alpha value is -2.43. The Morgan fingerprint density at radius 2 is 1.89 bits per heavy atom. The normalized spacial score (nSPS) is 18.1. The van der Waals surface area contributed by atoms with Gasteiger partial charge in [-0.2, -0.15) is 0 Å². The lowest BCUT2D eigenvalue weighted by molar-refractivity contribution is -0.130. The van der Waals surface area contributed by atoms with Gasteiger partial charge in [-0.1, -0.05) is 37.5 Å². The number of carbonyl (C=O) groups excluding carboxylic acids is 2. The molecule has 2 aliphatic carbocycles. The van der Waals surface area contributed by atoms with E-state index in [4.69, 9.17) is 9.72 Å². The average molecular weight is 366 g/mol. The Labute approximate surface area is 159 Å². The molecule has 0 aliphatic heterocycles. The number of fused-ring (bicyclic) bond motifs is 2. The molecule has 0 unspecified atom stereocenters. The fourth-order valence-electron chi connectivity index (χ4n) is 4.28. The van der Waals surface area contributed by atoms with E-state index in [9.17, 15) is 9.59 Å². The maximum absolute atomic E-state index is 13.0. The van der Waals surface area contributed by atoms with Gasteiger partial charge < -0.3 is 10.1 Å². The van der Waals surface area contributed by atoms with Crippen LogP contribution in [-0.2, 0) is 22.4 Å². The number of para-hydroxylation sites is 1. The SMILES string of the molecule is C[C@H](OC(=O)c1c2c(nc3ccccc13)CCC2)C(=O)NC1CCCCC1. The molecule has 5 nitrogen and oxygen atoms in total. The molecule has 0 saturated heterocycles.